The van der Waals surface area contributed by atoms with Gasteiger partial charge in [0, 0.05) is 50.2 Å². The number of benzene rings is 1. The fourth-order valence-corrected chi connectivity index (χ4v) is 6.02. The predicted molar refractivity (Wildman–Crippen MR) is 106 cm³/mol. The smallest absolute Gasteiger partial charge is 0.243 e. The quantitative estimate of drug-likeness (QED) is 0.678. The van der Waals surface area contributed by atoms with Crippen molar-refractivity contribution in [3.63, 3.8) is 0 Å². The Morgan fingerprint density at radius 1 is 0.893 bits per heavy atom. The Balaban J connectivity index is 1.56. The first-order valence-corrected chi connectivity index (χ1v) is 12.8. The molecule has 3 rings (SSSR count). The molecule has 0 aromatic heterocycles. The van der Waals surface area contributed by atoms with Crippen molar-refractivity contribution < 1.29 is 21.6 Å². The van der Waals surface area contributed by atoms with Crippen LogP contribution in [-0.2, 0) is 24.8 Å². The fraction of sp³-hybridized carbons (Fsp3) is 0.588. The molecular weight excluding hydrogens is 426 g/mol. The van der Waals surface area contributed by atoms with Crippen LogP contribution in [0.15, 0.2) is 29.2 Å². The Labute approximate surface area is 171 Å². The summed E-state index contributed by atoms with van der Waals surface area (Å²) in [4.78, 5) is 14.6. The maximum absolute atomic E-state index is 12.7. The van der Waals surface area contributed by atoms with E-state index in [1.807, 2.05) is 0 Å². The number of hydrogen-bond donors (Lipinski definition) is 0. The molecule has 1 aromatic carbocycles. The highest BCUT2D eigenvalue weighted by Crippen LogP contribution is 2.26. The van der Waals surface area contributed by atoms with E-state index in [1.54, 1.807) is 17.0 Å². The number of amides is 1. The summed E-state index contributed by atoms with van der Waals surface area (Å²) in [5.41, 5.74) is 0. The second-order valence-corrected chi connectivity index (χ2v) is 11.5. The van der Waals surface area contributed by atoms with E-state index in [-0.39, 0.29) is 29.8 Å². The minimum atomic E-state index is -3.60. The van der Waals surface area contributed by atoms with Gasteiger partial charge < -0.3 is 4.90 Å². The molecule has 0 atom stereocenters. The third-order valence-corrected chi connectivity index (χ3v) is 8.74. The van der Waals surface area contributed by atoms with Crippen LogP contribution in [0.4, 0.5) is 0 Å². The predicted octanol–water partition coefficient (Wildman–Crippen LogP) is 0.845. The van der Waals surface area contributed by atoms with Crippen LogP contribution in [0.5, 0.6) is 0 Å². The zero-order chi connectivity index (χ0) is 20.5. The van der Waals surface area contributed by atoms with Crippen LogP contribution in [0.25, 0.3) is 0 Å². The summed E-state index contributed by atoms with van der Waals surface area (Å²) in [7, 11) is -6.84. The molecule has 2 saturated heterocycles. The molecule has 0 N–H and O–H groups in total. The minimum absolute atomic E-state index is 0.0170. The highest BCUT2D eigenvalue weighted by molar-refractivity contribution is 7.89. The van der Waals surface area contributed by atoms with Gasteiger partial charge in [-0.1, -0.05) is 11.6 Å². The van der Waals surface area contributed by atoms with E-state index in [0.717, 1.165) is 0 Å². The normalized spacial score (nSPS) is 21.0. The van der Waals surface area contributed by atoms with E-state index in [4.69, 9.17) is 11.6 Å². The average Bonchev–Trinajstić information content (AvgIpc) is 2.67. The molecule has 1 amide bonds. The largest absolute Gasteiger partial charge is 0.340 e. The number of carbonyl (C=O) groups is 1. The van der Waals surface area contributed by atoms with Gasteiger partial charge in [-0.2, -0.15) is 8.61 Å². The summed E-state index contributed by atoms with van der Waals surface area (Å²) in [6, 6.07) is 6.05. The molecule has 8 nitrogen and oxygen atoms in total. The Kier molecular flexibility index (Phi) is 6.35. The third kappa shape index (κ3) is 4.68. The summed E-state index contributed by atoms with van der Waals surface area (Å²) in [5, 5.41) is 0.472. The number of sulfonamides is 2. The van der Waals surface area contributed by atoms with Gasteiger partial charge in [0.05, 0.1) is 11.2 Å². The standard InChI is InChI=1S/C17H24ClN3O5S2/c1-27(23,24)20-12-10-19(11-13-20)17(22)14-6-8-21(9-7-14)28(25,26)16-4-2-15(18)3-5-16/h2-5,14H,6-13H2,1H3. The lowest BCUT2D eigenvalue weighted by atomic mass is 9.96. The molecule has 0 aliphatic carbocycles. The summed E-state index contributed by atoms with van der Waals surface area (Å²) in [5.74, 6) is -0.252. The molecule has 2 heterocycles. The highest BCUT2D eigenvalue weighted by Gasteiger charge is 2.35. The Morgan fingerprint density at radius 3 is 1.93 bits per heavy atom. The lowest BCUT2D eigenvalue weighted by Gasteiger charge is -2.37. The van der Waals surface area contributed by atoms with E-state index in [0.29, 0.717) is 44.0 Å². The second-order valence-electron chi connectivity index (χ2n) is 7.12. The van der Waals surface area contributed by atoms with Gasteiger partial charge in [-0.3, -0.25) is 4.79 Å². The third-order valence-electron chi connectivity index (χ3n) is 5.27. The van der Waals surface area contributed by atoms with E-state index >= 15 is 0 Å². The maximum Gasteiger partial charge on any atom is 0.243 e. The summed E-state index contributed by atoms with van der Waals surface area (Å²) in [6.45, 7) is 1.91. The zero-order valence-corrected chi connectivity index (χ0v) is 18.0. The Morgan fingerprint density at radius 2 is 1.43 bits per heavy atom. The molecule has 11 heteroatoms. The zero-order valence-electron chi connectivity index (χ0n) is 15.6. The lowest BCUT2D eigenvalue weighted by molar-refractivity contribution is -0.137. The van der Waals surface area contributed by atoms with Gasteiger partial charge in [0.15, 0.2) is 0 Å². The molecule has 1 aromatic rings. The van der Waals surface area contributed by atoms with Gasteiger partial charge in [-0.15, -0.1) is 0 Å². The first-order chi connectivity index (χ1) is 13.1. The molecule has 0 spiro atoms. The number of rotatable bonds is 4. The van der Waals surface area contributed by atoms with Gasteiger partial charge in [-0.05, 0) is 37.1 Å². The molecule has 2 fully saturated rings. The molecule has 0 saturated carbocycles. The van der Waals surface area contributed by atoms with Crippen LogP contribution in [0.1, 0.15) is 12.8 Å². The first kappa shape index (κ1) is 21.5. The van der Waals surface area contributed by atoms with E-state index < -0.39 is 20.0 Å². The van der Waals surface area contributed by atoms with Gasteiger partial charge in [-0.25, -0.2) is 16.8 Å². The monoisotopic (exact) mass is 449 g/mol. The number of halogens is 1. The molecule has 156 valence electrons. The molecule has 28 heavy (non-hydrogen) atoms. The van der Waals surface area contributed by atoms with Crippen molar-refractivity contribution in [1.29, 1.82) is 0 Å². The fourth-order valence-electron chi connectivity index (χ4n) is 3.60. The summed E-state index contributed by atoms with van der Waals surface area (Å²) >= 11 is 5.82. The van der Waals surface area contributed by atoms with E-state index in [2.05, 4.69) is 0 Å². The molecule has 0 unspecified atom stereocenters. The number of piperidine rings is 1. The van der Waals surface area contributed by atoms with Crippen LogP contribution in [0.2, 0.25) is 5.02 Å². The van der Waals surface area contributed by atoms with Crippen LogP contribution >= 0.6 is 11.6 Å². The number of piperazine rings is 1. The van der Waals surface area contributed by atoms with E-state index in [9.17, 15) is 21.6 Å². The minimum Gasteiger partial charge on any atom is -0.340 e. The number of carbonyl (C=O) groups excluding carboxylic acids is 1. The summed E-state index contributed by atoms with van der Waals surface area (Å²) < 4.78 is 51.4. The molecule has 2 aliphatic rings. The molecular formula is C17H24ClN3O5S2. The Bertz CT molecular complexity index is 918. The van der Waals surface area contributed by atoms with Crippen molar-refractivity contribution in [3.8, 4) is 0 Å². The average molecular weight is 450 g/mol. The summed E-state index contributed by atoms with van der Waals surface area (Å²) in [6.07, 6.45) is 2.08. The second kappa shape index (κ2) is 8.27. The number of nitrogens with zero attached hydrogens (tertiary/aromatic N) is 3. The first-order valence-electron chi connectivity index (χ1n) is 9.08. The molecule has 2 aliphatic heterocycles. The van der Waals surface area contributed by atoms with Crippen molar-refractivity contribution >= 4 is 37.6 Å². The number of hydrogen-bond acceptors (Lipinski definition) is 5. The lowest BCUT2D eigenvalue weighted by Crippen LogP contribution is -2.52. The van der Waals surface area contributed by atoms with Crippen LogP contribution in [0.3, 0.4) is 0 Å². The SMILES string of the molecule is CS(=O)(=O)N1CCN(C(=O)C2CCN(S(=O)(=O)c3ccc(Cl)cc3)CC2)CC1. The van der Waals surface area contributed by atoms with Gasteiger partial charge >= 0.3 is 0 Å². The van der Waals surface area contributed by atoms with Crippen LogP contribution in [-0.4, -0.2) is 81.8 Å². The van der Waals surface area contributed by atoms with E-state index in [1.165, 1.54) is 27.0 Å². The highest BCUT2D eigenvalue weighted by atomic mass is 35.5. The van der Waals surface area contributed by atoms with Crippen molar-refractivity contribution in [2.24, 2.45) is 5.92 Å². The van der Waals surface area contributed by atoms with Crippen LogP contribution in [0, 0.1) is 5.92 Å². The van der Waals surface area contributed by atoms with Gasteiger partial charge in [0.25, 0.3) is 0 Å². The Hall–Kier alpha value is -1.20. The van der Waals surface area contributed by atoms with Crippen LogP contribution < -0.4 is 0 Å². The van der Waals surface area contributed by atoms with Crippen molar-refractivity contribution in [2.75, 3.05) is 45.5 Å². The van der Waals surface area contributed by atoms with Crippen molar-refractivity contribution in [1.82, 2.24) is 13.5 Å². The maximum atomic E-state index is 12.7. The van der Waals surface area contributed by atoms with Crippen molar-refractivity contribution in [3.05, 3.63) is 29.3 Å². The van der Waals surface area contributed by atoms with Crippen molar-refractivity contribution in [2.45, 2.75) is 17.7 Å². The molecule has 0 radical (unpaired) electrons. The van der Waals surface area contributed by atoms with Gasteiger partial charge in [0.1, 0.15) is 0 Å². The van der Waals surface area contributed by atoms with Gasteiger partial charge in [0.2, 0.25) is 26.0 Å². The topological polar surface area (TPSA) is 95.1 Å². The molecule has 0 bridgehead atoms.